The first-order valence-electron chi connectivity index (χ1n) is 7.54. The second-order valence-corrected chi connectivity index (χ2v) is 9.98. The van der Waals surface area contributed by atoms with Gasteiger partial charge in [-0.15, -0.1) is 0 Å². The topological polar surface area (TPSA) is 0 Å². The molecule has 0 spiro atoms. The van der Waals surface area contributed by atoms with Crippen LogP contribution in [0.25, 0.3) is 12.2 Å². The molecule has 2 unspecified atom stereocenters. The minimum atomic E-state index is -0.572. The first-order chi connectivity index (χ1) is 10.2. The molecule has 0 heterocycles. The van der Waals surface area contributed by atoms with Gasteiger partial charge in [0, 0.05) is 0 Å². The summed E-state index contributed by atoms with van der Waals surface area (Å²) < 4.78 is 1.46. The van der Waals surface area contributed by atoms with Gasteiger partial charge in [0.15, 0.2) is 0 Å². The molecule has 2 aromatic carbocycles. The molecule has 0 aliphatic heterocycles. The second kappa shape index (κ2) is 9.27. The average Bonchev–Trinajstić information content (AvgIpc) is 3.03. The van der Waals surface area contributed by atoms with Crippen molar-refractivity contribution in [2.24, 2.45) is 0 Å². The Labute approximate surface area is 187 Å². The molecular formula is C20H18Cl2Zr2+4. The zero-order chi connectivity index (χ0) is 14.4. The van der Waals surface area contributed by atoms with E-state index in [1.807, 2.05) is 0 Å². The molecule has 4 rings (SSSR count). The van der Waals surface area contributed by atoms with E-state index in [9.17, 15) is 0 Å². The van der Waals surface area contributed by atoms with Crippen molar-refractivity contribution in [3.63, 3.8) is 0 Å². The fraction of sp³-hybridized carbons (Fsp3) is 0.200. The Hall–Kier alpha value is 0.266. The molecule has 2 aromatic rings. The van der Waals surface area contributed by atoms with E-state index in [1.165, 1.54) is 22.3 Å². The van der Waals surface area contributed by atoms with Gasteiger partial charge in [0.1, 0.15) is 0 Å². The molecule has 116 valence electrons. The third kappa shape index (κ3) is 4.32. The largest absolute Gasteiger partial charge is 4.00 e. The Balaban J connectivity index is 0.000000960. The quantitative estimate of drug-likeness (QED) is 0.497. The molecule has 2 aliphatic rings. The van der Waals surface area contributed by atoms with Gasteiger partial charge in [-0.05, 0) is 0 Å². The summed E-state index contributed by atoms with van der Waals surface area (Å²) >= 11 is -0.572. The van der Waals surface area contributed by atoms with Crippen molar-refractivity contribution in [1.29, 1.82) is 0 Å². The van der Waals surface area contributed by atoms with E-state index in [-0.39, 0.29) is 51.0 Å². The minimum absolute atomic E-state index is 0. The third-order valence-electron chi connectivity index (χ3n) is 4.45. The molecular weight excluding hydrogens is 494 g/mol. The van der Waals surface area contributed by atoms with Crippen LogP contribution in [0.3, 0.4) is 0 Å². The van der Waals surface area contributed by atoms with Crippen LogP contribution >= 0.6 is 0 Å². The Morgan fingerprint density at radius 3 is 1.54 bits per heavy atom. The summed E-state index contributed by atoms with van der Waals surface area (Å²) in [6, 6.07) is 13.9. The number of benzene rings is 2. The molecule has 4 heteroatoms. The van der Waals surface area contributed by atoms with E-state index in [2.05, 4.69) is 74.5 Å². The maximum atomic E-state index is 2.45. The van der Waals surface area contributed by atoms with Crippen molar-refractivity contribution in [3.05, 3.63) is 81.9 Å². The molecule has 0 bridgehead atoms. The summed E-state index contributed by atoms with van der Waals surface area (Å²) in [5.41, 5.74) is 8.78. The van der Waals surface area contributed by atoms with Gasteiger partial charge in [0.2, 0.25) is 0 Å². The van der Waals surface area contributed by atoms with Crippen molar-refractivity contribution in [2.75, 3.05) is 0 Å². The van der Waals surface area contributed by atoms with E-state index in [0.717, 1.165) is 7.25 Å². The number of hydrogen-bond acceptors (Lipinski definition) is 0. The molecule has 0 nitrogen and oxygen atoms in total. The summed E-state index contributed by atoms with van der Waals surface area (Å²) in [4.78, 5) is 0. The van der Waals surface area contributed by atoms with Crippen molar-refractivity contribution >= 4 is 12.2 Å². The van der Waals surface area contributed by atoms with Gasteiger partial charge in [0.25, 0.3) is 0 Å². The predicted octanol–water partition coefficient (Wildman–Crippen LogP) is -0.773. The van der Waals surface area contributed by atoms with E-state index in [1.54, 1.807) is 11.1 Å². The molecule has 0 amide bonds. The molecule has 0 saturated carbocycles. The fourth-order valence-corrected chi connectivity index (χ4v) is 7.48. The van der Waals surface area contributed by atoms with Crippen molar-refractivity contribution in [2.45, 2.75) is 21.1 Å². The smallest absolute Gasteiger partial charge is 1.00 e. The minimum Gasteiger partial charge on any atom is -1.00 e. The predicted molar refractivity (Wildman–Crippen MR) is 85.9 cm³/mol. The molecule has 0 fully saturated rings. The molecule has 24 heavy (non-hydrogen) atoms. The number of rotatable bonds is 2. The fourth-order valence-electron chi connectivity index (χ4n) is 3.33. The van der Waals surface area contributed by atoms with Crippen LogP contribution in [0.2, 0.25) is 0 Å². The van der Waals surface area contributed by atoms with E-state index in [0.29, 0.717) is 0 Å². The van der Waals surface area contributed by atoms with Crippen LogP contribution in [0.5, 0.6) is 0 Å². The molecule has 2 atom stereocenters. The molecule has 0 N–H and O–H groups in total. The van der Waals surface area contributed by atoms with Gasteiger partial charge in [0.05, 0.1) is 0 Å². The monoisotopic (exact) mass is 508 g/mol. The number of hydrogen-bond donors (Lipinski definition) is 0. The number of aryl methyl sites for hydroxylation is 2. The van der Waals surface area contributed by atoms with Gasteiger partial charge in [-0.3, -0.25) is 0 Å². The summed E-state index contributed by atoms with van der Waals surface area (Å²) in [5.74, 6) is 0. The van der Waals surface area contributed by atoms with E-state index < -0.39 is 23.2 Å². The SMILES string of the molecule is Cc1ccc2c(c1)C=C[CH]2[Zr+2][CH]1C=Cc2cc(C)ccc21.[Cl-].[Cl-].[Zr+4]. The van der Waals surface area contributed by atoms with E-state index in [4.69, 9.17) is 0 Å². The zero-order valence-corrected chi connectivity index (χ0v) is 20.1. The Morgan fingerprint density at radius 2 is 1.12 bits per heavy atom. The summed E-state index contributed by atoms with van der Waals surface area (Å²) in [6.07, 6.45) is 9.58. The van der Waals surface area contributed by atoms with Crippen LogP contribution in [0.1, 0.15) is 40.6 Å². The maximum absolute atomic E-state index is 2.45. The van der Waals surface area contributed by atoms with Gasteiger partial charge in [-0.1, -0.05) is 0 Å². The van der Waals surface area contributed by atoms with Gasteiger partial charge >= 0.3 is 165 Å². The molecule has 0 radical (unpaired) electrons. The number of halogens is 2. The van der Waals surface area contributed by atoms with Gasteiger partial charge in [-0.25, -0.2) is 0 Å². The number of fused-ring (bicyclic) bond motifs is 2. The van der Waals surface area contributed by atoms with Crippen LogP contribution in [0.15, 0.2) is 48.6 Å². The zero-order valence-electron chi connectivity index (χ0n) is 13.7. The first kappa shape index (κ1) is 22.3. The Kier molecular flexibility index (Phi) is 8.62. The maximum Gasteiger partial charge on any atom is 4.00 e. The number of allylic oxidation sites excluding steroid dienone is 2. The first-order valence-corrected chi connectivity index (χ1v) is 10.4. The van der Waals surface area contributed by atoms with Crippen LogP contribution in [-0.4, -0.2) is 0 Å². The van der Waals surface area contributed by atoms with Crippen LogP contribution < -0.4 is 24.8 Å². The Bertz CT molecular complexity index is 716. The summed E-state index contributed by atoms with van der Waals surface area (Å²) in [5, 5.41) is 0. The Morgan fingerprint density at radius 1 is 0.708 bits per heavy atom. The van der Waals surface area contributed by atoms with Crippen LogP contribution in [0, 0.1) is 13.8 Å². The second-order valence-electron chi connectivity index (χ2n) is 6.10. The van der Waals surface area contributed by atoms with Crippen molar-refractivity contribution < 1.29 is 74.3 Å². The third-order valence-corrected chi connectivity index (χ3v) is 8.69. The molecule has 0 saturated heterocycles. The average molecular weight is 512 g/mol. The van der Waals surface area contributed by atoms with E-state index >= 15 is 0 Å². The summed E-state index contributed by atoms with van der Waals surface area (Å²) in [6.45, 7) is 4.36. The standard InChI is InChI=1S/2C10H9.2ClH.2Zr/c2*1-8-5-6-9-3-2-4-10(9)7-8;;;;/h2*2-7H,1H3;2*1H;;/q;;;;+2;+4/p-2. The van der Waals surface area contributed by atoms with Gasteiger partial charge in [-0.2, -0.15) is 0 Å². The van der Waals surface area contributed by atoms with Gasteiger partial charge < -0.3 is 24.8 Å². The molecule has 2 aliphatic carbocycles. The van der Waals surface area contributed by atoms with Crippen LogP contribution in [-0.2, 0) is 49.4 Å². The summed E-state index contributed by atoms with van der Waals surface area (Å²) in [7, 11) is 0. The molecule has 0 aromatic heterocycles. The van der Waals surface area contributed by atoms with Crippen molar-refractivity contribution in [3.8, 4) is 0 Å². The van der Waals surface area contributed by atoms with Crippen molar-refractivity contribution in [1.82, 2.24) is 0 Å². The van der Waals surface area contributed by atoms with Crippen LogP contribution in [0.4, 0.5) is 0 Å². The normalized spacial score (nSPS) is 18.6.